The van der Waals surface area contributed by atoms with Gasteiger partial charge in [-0.15, -0.1) is 0 Å². The lowest BCUT2D eigenvalue weighted by molar-refractivity contribution is -0.0626. The summed E-state index contributed by atoms with van der Waals surface area (Å²) >= 11 is 8.61. The highest BCUT2D eigenvalue weighted by atomic mass is 127. The molecule has 0 atom stereocenters. The van der Waals surface area contributed by atoms with Crippen molar-refractivity contribution in [3.8, 4) is 0 Å². The van der Waals surface area contributed by atoms with E-state index in [0.29, 0.717) is 11.8 Å². The fourth-order valence-electron chi connectivity index (χ4n) is 3.08. The van der Waals surface area contributed by atoms with Crippen molar-refractivity contribution in [2.75, 3.05) is 6.61 Å². The largest absolute Gasteiger partial charge is 0.367 e. The van der Waals surface area contributed by atoms with E-state index < -0.39 is 0 Å². The molecule has 1 heterocycles. The first kappa shape index (κ1) is 17.4. The summed E-state index contributed by atoms with van der Waals surface area (Å²) in [5.41, 5.74) is 0.735. The Morgan fingerprint density at radius 2 is 1.81 bits per heavy atom. The fraction of sp³-hybridized carbons (Fsp3) is 0.750. The van der Waals surface area contributed by atoms with Crippen molar-refractivity contribution in [2.24, 2.45) is 0 Å². The third kappa shape index (κ3) is 4.08. The highest BCUT2D eigenvalue weighted by Gasteiger charge is 2.37. The monoisotopic (exact) mass is 422 g/mol. The third-order valence-electron chi connectivity index (χ3n) is 4.11. The van der Waals surface area contributed by atoms with Crippen LogP contribution in [-0.2, 0) is 16.8 Å². The minimum Gasteiger partial charge on any atom is -0.367 e. The molecule has 5 heteroatoms. The number of hydrogen-bond donors (Lipinski definition) is 0. The topological polar surface area (TPSA) is 35.0 Å². The van der Waals surface area contributed by atoms with Crippen molar-refractivity contribution in [1.29, 1.82) is 0 Å². The van der Waals surface area contributed by atoms with Gasteiger partial charge in [-0.25, -0.2) is 9.97 Å². The van der Waals surface area contributed by atoms with Gasteiger partial charge in [0.15, 0.2) is 5.82 Å². The highest BCUT2D eigenvalue weighted by Crippen LogP contribution is 2.39. The van der Waals surface area contributed by atoms with Gasteiger partial charge in [-0.2, -0.15) is 0 Å². The van der Waals surface area contributed by atoms with Gasteiger partial charge in [-0.1, -0.05) is 50.6 Å². The van der Waals surface area contributed by atoms with Gasteiger partial charge in [-0.05, 0) is 48.8 Å². The van der Waals surface area contributed by atoms with Crippen molar-refractivity contribution in [2.45, 2.75) is 70.8 Å². The zero-order valence-electron chi connectivity index (χ0n) is 12.9. The summed E-state index contributed by atoms with van der Waals surface area (Å²) in [4.78, 5) is 9.44. The number of rotatable bonds is 5. The molecular formula is C16H24ClIN2O. The molecule has 0 saturated heterocycles. The first-order valence-electron chi connectivity index (χ1n) is 7.99. The van der Waals surface area contributed by atoms with Crippen LogP contribution in [0.4, 0.5) is 0 Å². The molecule has 118 valence electrons. The van der Waals surface area contributed by atoms with Crippen LogP contribution >= 0.6 is 34.2 Å². The Balaban J connectivity index is 2.43. The summed E-state index contributed by atoms with van der Waals surface area (Å²) < 4.78 is 7.16. The van der Waals surface area contributed by atoms with Gasteiger partial charge in [0.1, 0.15) is 10.8 Å². The second-order valence-corrected chi connectivity index (χ2v) is 7.13. The van der Waals surface area contributed by atoms with E-state index in [2.05, 4.69) is 34.5 Å². The number of ether oxygens (including phenoxy) is 1. The predicted molar refractivity (Wildman–Crippen MR) is 94.8 cm³/mol. The molecule has 1 aromatic rings. The fourth-order valence-corrected chi connectivity index (χ4v) is 3.78. The summed E-state index contributed by atoms with van der Waals surface area (Å²) in [6.45, 7) is 4.90. The van der Waals surface area contributed by atoms with Crippen LogP contribution < -0.4 is 0 Å². The number of halogens is 2. The van der Waals surface area contributed by atoms with E-state index >= 15 is 0 Å². The first-order chi connectivity index (χ1) is 10.1. The third-order valence-corrected chi connectivity index (χ3v) is 5.83. The van der Waals surface area contributed by atoms with Crippen molar-refractivity contribution in [1.82, 2.24) is 9.97 Å². The molecule has 0 radical (unpaired) electrons. The van der Waals surface area contributed by atoms with Crippen LogP contribution in [0.15, 0.2) is 0 Å². The molecule has 0 aromatic carbocycles. The molecule has 1 saturated carbocycles. The van der Waals surface area contributed by atoms with Crippen LogP contribution in [0, 0.1) is 3.57 Å². The van der Waals surface area contributed by atoms with Crippen molar-refractivity contribution >= 4 is 34.2 Å². The Bertz CT molecular complexity index is 474. The van der Waals surface area contributed by atoms with Gasteiger partial charge in [0.25, 0.3) is 0 Å². The van der Waals surface area contributed by atoms with Crippen molar-refractivity contribution < 1.29 is 4.74 Å². The molecule has 0 aliphatic heterocycles. The standard InChI is InChI=1S/C16H24ClIN2O/c1-3-9-12-13(18)14(17)20-15(19-12)16(21-4-2)10-7-5-6-8-11-16/h3-11H2,1-2H3. The quantitative estimate of drug-likeness (QED) is 0.368. The molecule has 3 nitrogen and oxygen atoms in total. The molecule has 0 N–H and O–H groups in total. The molecule has 21 heavy (non-hydrogen) atoms. The molecule has 1 aliphatic carbocycles. The minimum atomic E-state index is -0.332. The molecule has 0 bridgehead atoms. The smallest absolute Gasteiger partial charge is 0.162 e. The van der Waals surface area contributed by atoms with Crippen LogP contribution in [0.25, 0.3) is 0 Å². The van der Waals surface area contributed by atoms with Crippen LogP contribution in [-0.4, -0.2) is 16.6 Å². The SMILES string of the molecule is CCCc1nc(C2(OCC)CCCCCC2)nc(Cl)c1I. The van der Waals surface area contributed by atoms with E-state index in [9.17, 15) is 0 Å². The van der Waals surface area contributed by atoms with Gasteiger partial charge < -0.3 is 4.74 Å². The van der Waals surface area contributed by atoms with Gasteiger partial charge >= 0.3 is 0 Å². The van der Waals surface area contributed by atoms with E-state index in [-0.39, 0.29) is 5.60 Å². The van der Waals surface area contributed by atoms with E-state index in [1.54, 1.807) is 0 Å². The summed E-state index contributed by atoms with van der Waals surface area (Å²) in [5.74, 6) is 0.806. The molecule has 2 rings (SSSR count). The molecule has 1 aromatic heterocycles. The predicted octanol–water partition coefficient (Wildman–Crippen LogP) is 5.27. The Morgan fingerprint density at radius 3 is 2.38 bits per heavy atom. The van der Waals surface area contributed by atoms with Crippen molar-refractivity contribution in [3.63, 3.8) is 0 Å². The Morgan fingerprint density at radius 1 is 1.14 bits per heavy atom. The lowest BCUT2D eigenvalue weighted by Crippen LogP contribution is -2.32. The van der Waals surface area contributed by atoms with E-state index in [1.165, 1.54) is 25.7 Å². The lowest BCUT2D eigenvalue weighted by Gasteiger charge is -2.31. The Hall–Kier alpha value is 0.0600. The van der Waals surface area contributed by atoms with E-state index in [0.717, 1.165) is 40.8 Å². The Labute approximate surface area is 146 Å². The van der Waals surface area contributed by atoms with Crippen LogP contribution in [0.3, 0.4) is 0 Å². The molecule has 1 fully saturated rings. The number of nitrogens with zero attached hydrogens (tertiary/aromatic N) is 2. The maximum atomic E-state index is 6.36. The van der Waals surface area contributed by atoms with Crippen LogP contribution in [0.5, 0.6) is 0 Å². The summed E-state index contributed by atoms with van der Waals surface area (Å²) in [6.07, 6.45) is 8.91. The number of aromatic nitrogens is 2. The molecule has 0 amide bonds. The molecule has 0 unspecified atom stereocenters. The van der Waals surface area contributed by atoms with Gasteiger partial charge in [0.2, 0.25) is 0 Å². The normalized spacial score (nSPS) is 18.5. The summed E-state index contributed by atoms with van der Waals surface area (Å²) in [5, 5.41) is 0.576. The number of aryl methyl sites for hydroxylation is 1. The maximum absolute atomic E-state index is 6.36. The second-order valence-electron chi connectivity index (χ2n) is 5.69. The van der Waals surface area contributed by atoms with Crippen LogP contribution in [0.2, 0.25) is 5.15 Å². The zero-order valence-corrected chi connectivity index (χ0v) is 15.8. The average molecular weight is 423 g/mol. The summed E-state index contributed by atoms with van der Waals surface area (Å²) in [7, 11) is 0. The van der Waals surface area contributed by atoms with Gasteiger partial charge in [0, 0.05) is 6.61 Å². The second kappa shape index (κ2) is 8.06. The average Bonchev–Trinajstić information content (AvgIpc) is 2.71. The first-order valence-corrected chi connectivity index (χ1v) is 9.45. The maximum Gasteiger partial charge on any atom is 0.162 e. The molecule has 1 aliphatic rings. The van der Waals surface area contributed by atoms with Gasteiger partial charge in [0.05, 0.1) is 9.26 Å². The highest BCUT2D eigenvalue weighted by molar-refractivity contribution is 14.1. The number of hydrogen-bond acceptors (Lipinski definition) is 3. The van der Waals surface area contributed by atoms with Crippen LogP contribution in [0.1, 0.15) is 70.3 Å². The molecule has 0 spiro atoms. The van der Waals surface area contributed by atoms with E-state index in [4.69, 9.17) is 21.3 Å². The van der Waals surface area contributed by atoms with E-state index in [1.807, 2.05) is 6.92 Å². The van der Waals surface area contributed by atoms with Gasteiger partial charge in [-0.3, -0.25) is 0 Å². The lowest BCUT2D eigenvalue weighted by atomic mass is 9.92. The summed E-state index contributed by atoms with van der Waals surface area (Å²) in [6, 6.07) is 0. The zero-order chi connectivity index (χ0) is 15.3. The minimum absolute atomic E-state index is 0.332. The molecular weight excluding hydrogens is 399 g/mol. The van der Waals surface area contributed by atoms with Crippen molar-refractivity contribution in [3.05, 3.63) is 20.2 Å². The Kier molecular flexibility index (Phi) is 6.69.